The summed E-state index contributed by atoms with van der Waals surface area (Å²) in [5, 5.41) is 31.5. The lowest BCUT2D eigenvalue weighted by Crippen LogP contribution is -2.53. The van der Waals surface area contributed by atoms with E-state index in [9.17, 15) is 24.3 Å². The smallest absolute Gasteiger partial charge is 0.326 e. The molecule has 10 nitrogen and oxygen atoms in total. The van der Waals surface area contributed by atoms with E-state index >= 15 is 0 Å². The average Bonchev–Trinajstić information content (AvgIpc) is 2.59. The molecule has 0 fully saturated rings. The Hall–Kier alpha value is -3.14. The zero-order chi connectivity index (χ0) is 20.6. The van der Waals surface area contributed by atoms with Crippen LogP contribution < -0.4 is 16.4 Å². The molecular formula is C17H23N3O7. The van der Waals surface area contributed by atoms with E-state index in [1.807, 2.05) is 0 Å². The van der Waals surface area contributed by atoms with Gasteiger partial charge in [0, 0.05) is 6.42 Å². The van der Waals surface area contributed by atoms with Gasteiger partial charge in [-0.25, -0.2) is 4.79 Å². The summed E-state index contributed by atoms with van der Waals surface area (Å²) in [5.74, 6) is -3.84. The first-order valence-electron chi connectivity index (χ1n) is 8.19. The van der Waals surface area contributed by atoms with E-state index in [0.717, 1.165) is 0 Å². The van der Waals surface area contributed by atoms with Crippen molar-refractivity contribution in [2.45, 2.75) is 44.3 Å². The molecule has 0 spiro atoms. The molecular weight excluding hydrogens is 358 g/mol. The normalized spacial score (nSPS) is 13.9. The number of carbonyl (C=O) groups excluding carboxylic acids is 2. The fraction of sp³-hybridized carbons (Fsp3) is 0.412. The van der Waals surface area contributed by atoms with Crippen molar-refractivity contribution >= 4 is 23.8 Å². The Kier molecular flexibility index (Phi) is 8.21. The zero-order valence-electron chi connectivity index (χ0n) is 14.7. The highest BCUT2D eigenvalue weighted by Gasteiger charge is 2.25. The van der Waals surface area contributed by atoms with Crippen molar-refractivity contribution < 1.29 is 34.5 Å². The summed E-state index contributed by atoms with van der Waals surface area (Å²) < 4.78 is 0. The molecule has 0 heterocycles. The molecule has 1 aromatic rings. The van der Waals surface area contributed by atoms with Crippen LogP contribution in [-0.2, 0) is 25.6 Å². The third-order valence-corrected chi connectivity index (χ3v) is 3.74. The van der Waals surface area contributed by atoms with Gasteiger partial charge >= 0.3 is 11.9 Å². The van der Waals surface area contributed by atoms with Crippen LogP contribution in [-0.4, -0.2) is 57.2 Å². The van der Waals surface area contributed by atoms with Crippen molar-refractivity contribution in [2.24, 2.45) is 5.73 Å². The van der Waals surface area contributed by atoms with E-state index < -0.39 is 48.3 Å². The minimum absolute atomic E-state index is 0.0814. The molecule has 3 unspecified atom stereocenters. The van der Waals surface area contributed by atoms with Crippen LogP contribution in [0.4, 0.5) is 0 Å². The monoisotopic (exact) mass is 381 g/mol. The predicted octanol–water partition coefficient (Wildman–Crippen LogP) is -0.799. The topological polar surface area (TPSA) is 179 Å². The minimum Gasteiger partial charge on any atom is -0.508 e. The number of nitrogens with one attached hydrogen (secondary N) is 2. The molecule has 0 aromatic heterocycles. The number of carbonyl (C=O) groups is 4. The van der Waals surface area contributed by atoms with Crippen LogP contribution in [0.25, 0.3) is 0 Å². The van der Waals surface area contributed by atoms with E-state index in [4.69, 9.17) is 15.9 Å². The third kappa shape index (κ3) is 7.74. The lowest BCUT2D eigenvalue weighted by atomic mass is 10.1. The van der Waals surface area contributed by atoms with Gasteiger partial charge in [-0.2, -0.15) is 0 Å². The van der Waals surface area contributed by atoms with Crippen molar-refractivity contribution in [3.63, 3.8) is 0 Å². The molecule has 0 saturated carbocycles. The molecule has 0 aliphatic rings. The van der Waals surface area contributed by atoms with Crippen LogP contribution in [0.2, 0.25) is 0 Å². The van der Waals surface area contributed by atoms with Crippen molar-refractivity contribution in [1.29, 1.82) is 0 Å². The number of carboxylic acids is 2. The van der Waals surface area contributed by atoms with Gasteiger partial charge in [0.05, 0.1) is 6.04 Å². The van der Waals surface area contributed by atoms with Crippen LogP contribution in [0, 0.1) is 0 Å². The molecule has 1 aromatic carbocycles. The maximum Gasteiger partial charge on any atom is 0.326 e. The lowest BCUT2D eigenvalue weighted by Gasteiger charge is -2.20. The molecule has 0 bridgehead atoms. The van der Waals surface area contributed by atoms with Gasteiger partial charge in [-0.1, -0.05) is 12.1 Å². The standard InChI is InChI=1S/C17H23N3O7/c1-9(15(24)20-13(17(26)27)6-7-14(22)23)19-16(25)12(18)8-10-2-4-11(21)5-3-10/h2-5,9,12-13,21H,6-8,18H2,1H3,(H,19,25)(H,20,24)(H,22,23)(H,26,27). The summed E-state index contributed by atoms with van der Waals surface area (Å²) in [6, 6.07) is 2.75. The van der Waals surface area contributed by atoms with Gasteiger partial charge in [0.1, 0.15) is 17.8 Å². The lowest BCUT2D eigenvalue weighted by molar-refractivity contribution is -0.143. The van der Waals surface area contributed by atoms with Gasteiger partial charge in [-0.3, -0.25) is 14.4 Å². The highest BCUT2D eigenvalue weighted by molar-refractivity contribution is 5.91. The minimum atomic E-state index is -1.38. The number of phenols is 1. The number of carboxylic acid groups (broad SMARTS) is 2. The number of hydrogen-bond donors (Lipinski definition) is 6. The van der Waals surface area contributed by atoms with E-state index in [1.165, 1.54) is 19.1 Å². The van der Waals surface area contributed by atoms with Crippen LogP contribution in [0.15, 0.2) is 24.3 Å². The number of phenolic OH excluding ortho intramolecular Hbond substituents is 1. The van der Waals surface area contributed by atoms with Crippen LogP contribution >= 0.6 is 0 Å². The highest BCUT2D eigenvalue weighted by atomic mass is 16.4. The number of hydrogen-bond acceptors (Lipinski definition) is 6. The second kappa shape index (κ2) is 10.1. The molecule has 1 rings (SSSR count). The Bertz CT molecular complexity index is 690. The summed E-state index contributed by atoms with van der Waals surface area (Å²) >= 11 is 0. The number of aromatic hydroxyl groups is 1. The SMILES string of the molecule is CC(NC(=O)C(N)Cc1ccc(O)cc1)C(=O)NC(CCC(=O)O)C(=O)O. The Balaban J connectivity index is 2.56. The Morgan fingerprint density at radius 1 is 1.04 bits per heavy atom. The van der Waals surface area contributed by atoms with E-state index in [2.05, 4.69) is 10.6 Å². The van der Waals surface area contributed by atoms with Crippen molar-refractivity contribution in [3.8, 4) is 5.75 Å². The van der Waals surface area contributed by atoms with Gasteiger partial charge in [-0.05, 0) is 37.5 Å². The van der Waals surface area contributed by atoms with Gasteiger partial charge in [0.2, 0.25) is 11.8 Å². The first-order chi connectivity index (χ1) is 12.6. The highest BCUT2D eigenvalue weighted by Crippen LogP contribution is 2.11. The predicted molar refractivity (Wildman–Crippen MR) is 93.8 cm³/mol. The summed E-state index contributed by atoms with van der Waals surface area (Å²) in [6.07, 6.45) is -0.524. The molecule has 7 N–H and O–H groups in total. The third-order valence-electron chi connectivity index (χ3n) is 3.74. The van der Waals surface area contributed by atoms with Crippen LogP contribution in [0.1, 0.15) is 25.3 Å². The molecule has 0 aliphatic carbocycles. The maximum atomic E-state index is 12.1. The van der Waals surface area contributed by atoms with Gasteiger partial charge < -0.3 is 31.7 Å². The molecule has 27 heavy (non-hydrogen) atoms. The first-order valence-corrected chi connectivity index (χ1v) is 8.19. The van der Waals surface area contributed by atoms with Crippen molar-refractivity contribution in [1.82, 2.24) is 10.6 Å². The molecule has 0 saturated heterocycles. The van der Waals surface area contributed by atoms with Gasteiger partial charge in [0.15, 0.2) is 0 Å². The average molecular weight is 381 g/mol. The largest absolute Gasteiger partial charge is 0.508 e. The van der Waals surface area contributed by atoms with E-state index in [-0.39, 0.29) is 18.6 Å². The van der Waals surface area contributed by atoms with Gasteiger partial charge in [0.25, 0.3) is 0 Å². The van der Waals surface area contributed by atoms with Crippen LogP contribution in [0.3, 0.4) is 0 Å². The van der Waals surface area contributed by atoms with Gasteiger partial charge in [-0.15, -0.1) is 0 Å². The Labute approximate surface area is 155 Å². The summed E-state index contributed by atoms with van der Waals surface area (Å²) in [5.41, 5.74) is 6.52. The Morgan fingerprint density at radius 2 is 1.63 bits per heavy atom. The second-order valence-electron chi connectivity index (χ2n) is 6.04. The molecule has 3 atom stereocenters. The fourth-order valence-corrected chi connectivity index (χ4v) is 2.19. The molecule has 10 heteroatoms. The molecule has 0 aliphatic heterocycles. The number of aliphatic carboxylic acids is 2. The van der Waals surface area contributed by atoms with E-state index in [0.29, 0.717) is 5.56 Å². The molecule has 2 amide bonds. The molecule has 148 valence electrons. The zero-order valence-corrected chi connectivity index (χ0v) is 14.7. The van der Waals surface area contributed by atoms with Crippen LogP contribution in [0.5, 0.6) is 5.75 Å². The summed E-state index contributed by atoms with van der Waals surface area (Å²) in [7, 11) is 0. The van der Waals surface area contributed by atoms with Crippen molar-refractivity contribution in [3.05, 3.63) is 29.8 Å². The number of nitrogens with two attached hydrogens (primary N) is 1. The quantitative estimate of drug-likeness (QED) is 0.305. The molecule has 0 radical (unpaired) electrons. The number of rotatable bonds is 10. The number of benzene rings is 1. The van der Waals surface area contributed by atoms with E-state index in [1.54, 1.807) is 12.1 Å². The Morgan fingerprint density at radius 3 is 2.15 bits per heavy atom. The fourth-order valence-electron chi connectivity index (χ4n) is 2.19. The summed E-state index contributed by atoms with van der Waals surface area (Å²) in [4.78, 5) is 45.8. The van der Waals surface area contributed by atoms with Crippen molar-refractivity contribution in [2.75, 3.05) is 0 Å². The first kappa shape index (κ1) is 21.9. The maximum absolute atomic E-state index is 12.1. The number of amides is 2. The summed E-state index contributed by atoms with van der Waals surface area (Å²) in [6.45, 7) is 1.36. The second-order valence-corrected chi connectivity index (χ2v) is 6.04.